The zero-order chi connectivity index (χ0) is 13.5. The molecular formula is C11H22N2O4. The number of carbonyl (C=O) groups is 2. The van der Waals surface area contributed by atoms with E-state index in [4.69, 9.17) is 15.9 Å². The summed E-state index contributed by atoms with van der Waals surface area (Å²) >= 11 is 0. The highest BCUT2D eigenvalue weighted by atomic mass is 16.4. The summed E-state index contributed by atoms with van der Waals surface area (Å²) in [7, 11) is 0. The van der Waals surface area contributed by atoms with Crippen LogP contribution in [-0.2, 0) is 9.59 Å². The zero-order valence-electron chi connectivity index (χ0n) is 10.4. The highest BCUT2D eigenvalue weighted by Crippen LogP contribution is 2.25. The SMILES string of the molecule is CC(C)(CCN)CCC(=O)NC(CO)C(=O)O. The number of carboxylic acids is 1. The molecule has 0 aromatic rings. The lowest BCUT2D eigenvalue weighted by molar-refractivity contribution is -0.143. The molecule has 0 aliphatic heterocycles. The van der Waals surface area contributed by atoms with Crippen LogP contribution >= 0.6 is 0 Å². The molecule has 0 heterocycles. The van der Waals surface area contributed by atoms with Gasteiger partial charge in [-0.1, -0.05) is 13.8 Å². The molecule has 0 bridgehead atoms. The molecule has 1 unspecified atom stereocenters. The Balaban J connectivity index is 4.06. The minimum atomic E-state index is -1.23. The van der Waals surface area contributed by atoms with Gasteiger partial charge < -0.3 is 21.3 Å². The molecule has 6 nitrogen and oxygen atoms in total. The Hall–Kier alpha value is -1.14. The first-order chi connectivity index (χ1) is 7.82. The fourth-order valence-corrected chi connectivity index (χ4v) is 1.42. The lowest BCUT2D eigenvalue weighted by Crippen LogP contribution is -2.43. The fraction of sp³-hybridized carbons (Fsp3) is 0.818. The Bertz CT molecular complexity index is 266. The third-order valence-corrected chi connectivity index (χ3v) is 2.67. The summed E-state index contributed by atoms with van der Waals surface area (Å²) in [4.78, 5) is 22.0. The molecule has 0 radical (unpaired) electrons. The van der Waals surface area contributed by atoms with Crippen molar-refractivity contribution in [2.24, 2.45) is 11.1 Å². The molecule has 0 aromatic heterocycles. The predicted octanol–water partition coefficient (Wildman–Crippen LogP) is -0.297. The van der Waals surface area contributed by atoms with Gasteiger partial charge in [0.25, 0.3) is 0 Å². The van der Waals surface area contributed by atoms with Crippen molar-refractivity contribution in [3.05, 3.63) is 0 Å². The second-order valence-electron chi connectivity index (χ2n) is 4.84. The first-order valence-electron chi connectivity index (χ1n) is 5.65. The molecule has 0 aliphatic carbocycles. The van der Waals surface area contributed by atoms with Gasteiger partial charge >= 0.3 is 5.97 Å². The van der Waals surface area contributed by atoms with Gasteiger partial charge in [-0.15, -0.1) is 0 Å². The molecule has 17 heavy (non-hydrogen) atoms. The molecule has 0 saturated carbocycles. The molecule has 1 amide bonds. The lowest BCUT2D eigenvalue weighted by atomic mass is 9.84. The number of amides is 1. The number of carboxylic acid groups (broad SMARTS) is 1. The van der Waals surface area contributed by atoms with Crippen LogP contribution < -0.4 is 11.1 Å². The molecule has 0 rings (SSSR count). The van der Waals surface area contributed by atoms with E-state index in [0.29, 0.717) is 13.0 Å². The van der Waals surface area contributed by atoms with Crippen LogP contribution in [0.1, 0.15) is 33.1 Å². The highest BCUT2D eigenvalue weighted by molar-refractivity contribution is 5.83. The molecule has 6 heteroatoms. The van der Waals surface area contributed by atoms with Crippen molar-refractivity contribution in [2.45, 2.75) is 39.2 Å². The van der Waals surface area contributed by atoms with Crippen LogP contribution in [0.5, 0.6) is 0 Å². The number of hydrogen-bond acceptors (Lipinski definition) is 4. The number of rotatable bonds is 8. The summed E-state index contributed by atoms with van der Waals surface area (Å²) in [6, 6.07) is -1.22. The minimum absolute atomic E-state index is 0.0377. The molecule has 0 aliphatic rings. The average molecular weight is 246 g/mol. The Morgan fingerprint density at radius 3 is 2.35 bits per heavy atom. The number of aliphatic hydroxyl groups is 1. The van der Waals surface area contributed by atoms with Crippen LogP contribution in [0.25, 0.3) is 0 Å². The van der Waals surface area contributed by atoms with Gasteiger partial charge in [0.05, 0.1) is 6.61 Å². The quantitative estimate of drug-likeness (QED) is 0.470. The van der Waals surface area contributed by atoms with Gasteiger partial charge in [0.1, 0.15) is 6.04 Å². The maximum atomic E-state index is 11.5. The summed E-state index contributed by atoms with van der Waals surface area (Å²) < 4.78 is 0. The number of nitrogens with one attached hydrogen (secondary N) is 1. The van der Waals surface area contributed by atoms with Crippen LogP contribution in [0.2, 0.25) is 0 Å². The third-order valence-electron chi connectivity index (χ3n) is 2.67. The number of aliphatic carboxylic acids is 1. The molecule has 0 saturated heterocycles. The highest BCUT2D eigenvalue weighted by Gasteiger charge is 2.21. The van der Waals surface area contributed by atoms with Crippen molar-refractivity contribution in [3.8, 4) is 0 Å². The van der Waals surface area contributed by atoms with Crippen molar-refractivity contribution in [3.63, 3.8) is 0 Å². The van der Waals surface area contributed by atoms with Crippen molar-refractivity contribution in [2.75, 3.05) is 13.2 Å². The zero-order valence-corrected chi connectivity index (χ0v) is 10.4. The summed E-state index contributed by atoms with van der Waals surface area (Å²) in [6.45, 7) is 3.97. The third kappa shape index (κ3) is 6.91. The van der Waals surface area contributed by atoms with Crippen LogP contribution in [0.15, 0.2) is 0 Å². The Morgan fingerprint density at radius 1 is 1.35 bits per heavy atom. The van der Waals surface area contributed by atoms with E-state index in [1.165, 1.54) is 0 Å². The molecule has 100 valence electrons. The van der Waals surface area contributed by atoms with E-state index in [0.717, 1.165) is 6.42 Å². The minimum Gasteiger partial charge on any atom is -0.480 e. The summed E-state index contributed by atoms with van der Waals surface area (Å²) in [5.41, 5.74) is 5.41. The number of carbonyl (C=O) groups excluding carboxylic acids is 1. The van der Waals surface area contributed by atoms with Gasteiger partial charge in [0.15, 0.2) is 0 Å². The first-order valence-corrected chi connectivity index (χ1v) is 5.65. The molecule has 0 aromatic carbocycles. The maximum Gasteiger partial charge on any atom is 0.328 e. The lowest BCUT2D eigenvalue weighted by Gasteiger charge is -2.23. The fourth-order valence-electron chi connectivity index (χ4n) is 1.42. The van der Waals surface area contributed by atoms with Gasteiger partial charge in [-0.3, -0.25) is 4.79 Å². The standard InChI is InChI=1S/C11H22N2O4/c1-11(2,5-6-12)4-3-9(15)13-8(7-14)10(16)17/h8,14H,3-7,12H2,1-2H3,(H,13,15)(H,16,17). The van der Waals surface area contributed by atoms with Gasteiger partial charge in [-0.2, -0.15) is 0 Å². The summed E-state index contributed by atoms with van der Waals surface area (Å²) in [5.74, 6) is -1.60. The van der Waals surface area contributed by atoms with Gasteiger partial charge in [-0.05, 0) is 24.8 Å². The van der Waals surface area contributed by atoms with Crippen LogP contribution in [0, 0.1) is 5.41 Å². The molecule has 5 N–H and O–H groups in total. The number of nitrogens with two attached hydrogens (primary N) is 1. The molecular weight excluding hydrogens is 224 g/mol. The number of hydrogen-bond donors (Lipinski definition) is 4. The topological polar surface area (TPSA) is 113 Å². The molecule has 1 atom stereocenters. The summed E-state index contributed by atoms with van der Waals surface area (Å²) in [6.07, 6.45) is 1.67. The maximum absolute atomic E-state index is 11.5. The Morgan fingerprint density at radius 2 is 1.94 bits per heavy atom. The molecule has 0 spiro atoms. The normalized spacial score (nSPS) is 13.2. The van der Waals surface area contributed by atoms with E-state index >= 15 is 0 Å². The van der Waals surface area contributed by atoms with Crippen molar-refractivity contribution < 1.29 is 19.8 Å². The largest absolute Gasteiger partial charge is 0.480 e. The first kappa shape index (κ1) is 15.9. The smallest absolute Gasteiger partial charge is 0.328 e. The second-order valence-corrected chi connectivity index (χ2v) is 4.84. The summed E-state index contributed by atoms with van der Waals surface area (Å²) in [5, 5.41) is 19.6. The van der Waals surface area contributed by atoms with Crippen molar-refractivity contribution >= 4 is 11.9 Å². The van der Waals surface area contributed by atoms with E-state index in [1.807, 2.05) is 13.8 Å². The second kappa shape index (κ2) is 7.24. The molecule has 0 fully saturated rings. The van der Waals surface area contributed by atoms with E-state index in [1.54, 1.807) is 0 Å². The Labute approximate surface area is 101 Å². The monoisotopic (exact) mass is 246 g/mol. The van der Waals surface area contributed by atoms with Gasteiger partial charge in [0, 0.05) is 6.42 Å². The van der Waals surface area contributed by atoms with Crippen LogP contribution in [0.4, 0.5) is 0 Å². The van der Waals surface area contributed by atoms with Crippen LogP contribution in [0.3, 0.4) is 0 Å². The Kier molecular flexibility index (Phi) is 6.75. The van der Waals surface area contributed by atoms with E-state index in [2.05, 4.69) is 5.32 Å². The average Bonchev–Trinajstić information content (AvgIpc) is 2.22. The van der Waals surface area contributed by atoms with E-state index in [-0.39, 0.29) is 17.7 Å². The van der Waals surface area contributed by atoms with E-state index in [9.17, 15) is 9.59 Å². The van der Waals surface area contributed by atoms with Crippen molar-refractivity contribution in [1.29, 1.82) is 0 Å². The van der Waals surface area contributed by atoms with Crippen LogP contribution in [-0.4, -0.2) is 41.3 Å². The predicted molar refractivity (Wildman–Crippen MR) is 63.3 cm³/mol. The number of aliphatic hydroxyl groups excluding tert-OH is 1. The van der Waals surface area contributed by atoms with Crippen molar-refractivity contribution in [1.82, 2.24) is 5.32 Å². The van der Waals surface area contributed by atoms with Gasteiger partial charge in [0.2, 0.25) is 5.91 Å². The van der Waals surface area contributed by atoms with E-state index < -0.39 is 18.6 Å². The van der Waals surface area contributed by atoms with Gasteiger partial charge in [-0.25, -0.2) is 4.79 Å².